The zero-order valence-corrected chi connectivity index (χ0v) is 16.1. The number of rotatable bonds is 6. The Morgan fingerprint density at radius 1 is 1.15 bits per heavy atom. The Balaban J connectivity index is 1.73. The van der Waals surface area contributed by atoms with Gasteiger partial charge in [-0.1, -0.05) is 53.7 Å². The van der Waals surface area contributed by atoms with E-state index in [1.165, 1.54) is 11.8 Å². The average molecular weight is 387 g/mol. The van der Waals surface area contributed by atoms with Gasteiger partial charge in [0.25, 0.3) is 0 Å². The van der Waals surface area contributed by atoms with Gasteiger partial charge in [0.2, 0.25) is 5.91 Å². The van der Waals surface area contributed by atoms with Crippen molar-refractivity contribution in [2.75, 3.05) is 5.32 Å². The molecule has 1 aromatic heterocycles. The molecule has 26 heavy (non-hydrogen) atoms. The normalized spacial score (nSPS) is 12.0. The summed E-state index contributed by atoms with van der Waals surface area (Å²) < 4.78 is 2.02. The van der Waals surface area contributed by atoms with Gasteiger partial charge >= 0.3 is 0 Å². The van der Waals surface area contributed by atoms with Crippen LogP contribution in [-0.4, -0.2) is 25.9 Å². The summed E-state index contributed by atoms with van der Waals surface area (Å²) in [6.07, 6.45) is 0. The zero-order valence-electron chi connectivity index (χ0n) is 14.5. The van der Waals surface area contributed by atoms with E-state index in [0.717, 1.165) is 23.1 Å². The molecule has 134 valence electrons. The van der Waals surface area contributed by atoms with Gasteiger partial charge in [0, 0.05) is 22.8 Å². The number of halogens is 1. The predicted molar refractivity (Wildman–Crippen MR) is 107 cm³/mol. The van der Waals surface area contributed by atoms with Crippen molar-refractivity contribution in [3.8, 4) is 11.4 Å². The van der Waals surface area contributed by atoms with Crippen LogP contribution in [0.1, 0.15) is 13.8 Å². The number of benzene rings is 2. The minimum Gasteiger partial charge on any atom is -0.325 e. The number of nitrogens with one attached hydrogen (secondary N) is 1. The van der Waals surface area contributed by atoms with Crippen molar-refractivity contribution >= 4 is 35.0 Å². The van der Waals surface area contributed by atoms with Crippen LogP contribution in [0.4, 0.5) is 5.69 Å². The Morgan fingerprint density at radius 2 is 1.85 bits per heavy atom. The number of aromatic nitrogens is 3. The van der Waals surface area contributed by atoms with Crippen LogP contribution in [0, 0.1) is 0 Å². The molecule has 0 spiro atoms. The summed E-state index contributed by atoms with van der Waals surface area (Å²) in [4.78, 5) is 12.5. The molecule has 7 heteroatoms. The van der Waals surface area contributed by atoms with Gasteiger partial charge in [0.15, 0.2) is 11.0 Å². The molecule has 0 radical (unpaired) electrons. The monoisotopic (exact) mass is 386 g/mol. The van der Waals surface area contributed by atoms with Crippen LogP contribution in [0.15, 0.2) is 59.8 Å². The van der Waals surface area contributed by atoms with Gasteiger partial charge in [-0.3, -0.25) is 4.79 Å². The second-order valence-corrected chi connectivity index (χ2v) is 7.42. The minimum atomic E-state index is -0.316. The first kappa shape index (κ1) is 18.5. The van der Waals surface area contributed by atoms with Gasteiger partial charge in [-0.05, 0) is 38.1 Å². The van der Waals surface area contributed by atoms with E-state index in [4.69, 9.17) is 11.6 Å². The van der Waals surface area contributed by atoms with Crippen LogP contribution < -0.4 is 5.32 Å². The van der Waals surface area contributed by atoms with Gasteiger partial charge in [-0.2, -0.15) is 0 Å². The summed E-state index contributed by atoms with van der Waals surface area (Å²) in [5.41, 5.74) is 1.72. The fraction of sp³-hybridized carbons (Fsp3) is 0.211. The molecule has 3 rings (SSSR count). The number of carbonyl (C=O) groups is 1. The highest BCUT2D eigenvalue weighted by atomic mass is 35.5. The number of hydrogen-bond donors (Lipinski definition) is 1. The third kappa shape index (κ3) is 4.26. The smallest absolute Gasteiger partial charge is 0.237 e. The van der Waals surface area contributed by atoms with E-state index in [1.54, 1.807) is 24.3 Å². The summed E-state index contributed by atoms with van der Waals surface area (Å²) in [5, 5.41) is 12.5. The molecule has 3 aromatic rings. The van der Waals surface area contributed by atoms with E-state index in [-0.39, 0.29) is 11.2 Å². The molecule has 2 aromatic carbocycles. The number of amides is 1. The lowest BCUT2D eigenvalue weighted by molar-refractivity contribution is -0.115. The number of hydrogen-bond acceptors (Lipinski definition) is 4. The Labute approximate surface area is 161 Å². The average Bonchev–Trinajstić information content (AvgIpc) is 3.06. The van der Waals surface area contributed by atoms with E-state index in [2.05, 4.69) is 15.5 Å². The van der Waals surface area contributed by atoms with Gasteiger partial charge < -0.3 is 9.88 Å². The molecule has 1 heterocycles. The van der Waals surface area contributed by atoms with Gasteiger partial charge in [0.05, 0.1) is 5.25 Å². The van der Waals surface area contributed by atoms with E-state index in [0.29, 0.717) is 10.7 Å². The molecule has 0 fully saturated rings. The second-order valence-electron chi connectivity index (χ2n) is 5.67. The third-order valence-electron chi connectivity index (χ3n) is 3.83. The Morgan fingerprint density at radius 3 is 2.50 bits per heavy atom. The Hall–Kier alpha value is -2.31. The van der Waals surface area contributed by atoms with Crippen LogP contribution in [0.2, 0.25) is 5.02 Å². The molecule has 0 saturated carbocycles. The van der Waals surface area contributed by atoms with Crippen molar-refractivity contribution < 1.29 is 4.79 Å². The molecule has 0 unspecified atom stereocenters. The quantitative estimate of drug-likeness (QED) is 0.622. The third-order valence-corrected chi connectivity index (χ3v) is 5.16. The molecular formula is C19H19ClN4OS. The molecule has 0 saturated heterocycles. The highest BCUT2D eigenvalue weighted by Crippen LogP contribution is 2.27. The summed E-state index contributed by atoms with van der Waals surface area (Å²) >= 11 is 7.26. The lowest BCUT2D eigenvalue weighted by Gasteiger charge is -2.13. The van der Waals surface area contributed by atoms with Crippen LogP contribution in [0.3, 0.4) is 0 Å². The van der Waals surface area contributed by atoms with E-state index < -0.39 is 0 Å². The molecule has 0 bridgehead atoms. The highest BCUT2D eigenvalue weighted by Gasteiger charge is 2.20. The molecule has 0 aliphatic heterocycles. The summed E-state index contributed by atoms with van der Waals surface area (Å²) in [7, 11) is 0. The van der Waals surface area contributed by atoms with Crippen molar-refractivity contribution in [2.45, 2.75) is 30.8 Å². The number of nitrogens with zero attached hydrogens (tertiary/aromatic N) is 3. The fourth-order valence-electron chi connectivity index (χ4n) is 2.45. The van der Waals surface area contributed by atoms with Crippen LogP contribution in [0.25, 0.3) is 11.4 Å². The molecule has 1 N–H and O–H groups in total. The molecule has 1 atom stereocenters. The Bertz CT molecular complexity index is 880. The van der Waals surface area contributed by atoms with Crippen molar-refractivity contribution in [1.82, 2.24) is 14.8 Å². The van der Waals surface area contributed by atoms with Crippen LogP contribution >= 0.6 is 23.4 Å². The SMILES string of the molecule is CCn1c(S[C@@H](C)C(=O)Nc2ccc(Cl)cc2)nnc1-c1ccccc1. The van der Waals surface area contributed by atoms with Crippen LogP contribution in [-0.2, 0) is 11.3 Å². The van der Waals surface area contributed by atoms with E-state index in [1.807, 2.05) is 48.7 Å². The number of thioether (sulfide) groups is 1. The number of carbonyl (C=O) groups excluding carboxylic acids is 1. The summed E-state index contributed by atoms with van der Waals surface area (Å²) in [5.74, 6) is 0.713. The zero-order chi connectivity index (χ0) is 18.5. The van der Waals surface area contributed by atoms with Gasteiger partial charge in [0.1, 0.15) is 0 Å². The first-order valence-corrected chi connectivity index (χ1v) is 9.56. The lowest BCUT2D eigenvalue weighted by Crippen LogP contribution is -2.22. The predicted octanol–water partition coefficient (Wildman–Crippen LogP) is 4.74. The fourth-order valence-corrected chi connectivity index (χ4v) is 3.49. The first-order valence-electron chi connectivity index (χ1n) is 8.30. The van der Waals surface area contributed by atoms with Crippen LogP contribution in [0.5, 0.6) is 0 Å². The molecular weight excluding hydrogens is 368 g/mol. The molecule has 1 amide bonds. The Kier molecular flexibility index (Phi) is 5.96. The maximum absolute atomic E-state index is 12.5. The topological polar surface area (TPSA) is 59.8 Å². The summed E-state index contributed by atoms with van der Waals surface area (Å²) in [6, 6.07) is 17.0. The maximum Gasteiger partial charge on any atom is 0.237 e. The molecule has 0 aliphatic rings. The van der Waals surface area contributed by atoms with Crippen molar-refractivity contribution in [1.29, 1.82) is 0 Å². The largest absolute Gasteiger partial charge is 0.325 e. The van der Waals surface area contributed by atoms with Gasteiger partial charge in [-0.25, -0.2) is 0 Å². The van der Waals surface area contributed by atoms with E-state index >= 15 is 0 Å². The van der Waals surface area contributed by atoms with Crippen molar-refractivity contribution in [3.05, 3.63) is 59.6 Å². The van der Waals surface area contributed by atoms with Gasteiger partial charge in [-0.15, -0.1) is 10.2 Å². The molecule has 5 nitrogen and oxygen atoms in total. The second kappa shape index (κ2) is 8.38. The maximum atomic E-state index is 12.5. The summed E-state index contributed by atoms with van der Waals surface area (Å²) in [6.45, 7) is 4.62. The highest BCUT2D eigenvalue weighted by molar-refractivity contribution is 8.00. The van der Waals surface area contributed by atoms with E-state index in [9.17, 15) is 4.79 Å². The lowest BCUT2D eigenvalue weighted by atomic mass is 10.2. The minimum absolute atomic E-state index is 0.0933. The van der Waals surface area contributed by atoms with Crippen molar-refractivity contribution in [2.24, 2.45) is 0 Å². The first-order chi connectivity index (χ1) is 12.6. The standard InChI is InChI=1S/C19H19ClN4OS/c1-3-24-17(14-7-5-4-6-8-14)22-23-19(24)26-13(2)18(25)21-16-11-9-15(20)10-12-16/h4-13H,3H2,1-2H3,(H,21,25)/t13-/m0/s1. The van der Waals surface area contributed by atoms with Crippen molar-refractivity contribution in [3.63, 3.8) is 0 Å². The number of anilines is 1. The molecule has 0 aliphatic carbocycles.